The number of fused-ring (bicyclic) bond motifs is 1. The van der Waals surface area contributed by atoms with E-state index in [-0.39, 0.29) is 11.5 Å². The minimum Gasteiger partial charge on any atom is -0.353 e. The monoisotopic (exact) mass is 348 g/mol. The van der Waals surface area contributed by atoms with Gasteiger partial charge >= 0.3 is 0 Å². The molecular formula is C17H24N4O2S. The van der Waals surface area contributed by atoms with Crippen LogP contribution in [0.4, 0.5) is 0 Å². The molecule has 1 N–H and O–H groups in total. The molecule has 1 atom stereocenters. The van der Waals surface area contributed by atoms with Crippen molar-refractivity contribution in [1.82, 2.24) is 19.4 Å². The Balaban J connectivity index is 1.76. The summed E-state index contributed by atoms with van der Waals surface area (Å²) in [7, 11) is 1.70. The molecule has 24 heavy (non-hydrogen) atoms. The van der Waals surface area contributed by atoms with Gasteiger partial charge in [-0.2, -0.15) is 0 Å². The molecule has 0 aliphatic carbocycles. The standard InChI is InChI=1S/C17H24N4O2S/c1-4-12-7-5-6-8-21(12)14(22)10-24-17-19-13-9-11(2)18-15(13)16(23)20(17)3/h9,12,18H,4-8,10H2,1-3H3. The first-order chi connectivity index (χ1) is 11.5. The average Bonchev–Trinajstić information content (AvgIpc) is 2.97. The predicted molar refractivity (Wildman–Crippen MR) is 96.4 cm³/mol. The summed E-state index contributed by atoms with van der Waals surface area (Å²) in [4.78, 5) is 34.6. The van der Waals surface area contributed by atoms with E-state index in [9.17, 15) is 9.59 Å². The molecule has 3 heterocycles. The molecular weight excluding hydrogens is 324 g/mol. The van der Waals surface area contributed by atoms with Gasteiger partial charge in [-0.3, -0.25) is 14.2 Å². The molecule has 1 fully saturated rings. The van der Waals surface area contributed by atoms with Gasteiger partial charge in [0.05, 0.1) is 11.3 Å². The van der Waals surface area contributed by atoms with Crippen molar-refractivity contribution in [1.29, 1.82) is 0 Å². The van der Waals surface area contributed by atoms with Crippen molar-refractivity contribution in [2.45, 2.75) is 50.7 Å². The third kappa shape index (κ3) is 3.22. The van der Waals surface area contributed by atoms with Crippen LogP contribution in [0.1, 0.15) is 38.3 Å². The van der Waals surface area contributed by atoms with Crippen LogP contribution in [0.3, 0.4) is 0 Å². The molecule has 1 aliphatic rings. The van der Waals surface area contributed by atoms with E-state index in [2.05, 4.69) is 16.9 Å². The Morgan fingerprint density at radius 2 is 2.25 bits per heavy atom. The summed E-state index contributed by atoms with van der Waals surface area (Å²) in [5.41, 5.74) is 1.99. The minimum atomic E-state index is -0.104. The van der Waals surface area contributed by atoms with Crippen molar-refractivity contribution >= 4 is 28.7 Å². The molecule has 0 spiro atoms. The number of rotatable bonds is 4. The number of hydrogen-bond acceptors (Lipinski definition) is 4. The quantitative estimate of drug-likeness (QED) is 0.680. The van der Waals surface area contributed by atoms with E-state index in [1.165, 1.54) is 22.7 Å². The molecule has 0 bridgehead atoms. The van der Waals surface area contributed by atoms with E-state index in [1.807, 2.05) is 17.9 Å². The fraction of sp³-hybridized carbons (Fsp3) is 0.588. The van der Waals surface area contributed by atoms with Crippen molar-refractivity contribution in [2.75, 3.05) is 12.3 Å². The van der Waals surface area contributed by atoms with E-state index in [0.29, 0.717) is 28.0 Å². The zero-order chi connectivity index (χ0) is 17.3. The smallest absolute Gasteiger partial charge is 0.278 e. The van der Waals surface area contributed by atoms with Crippen molar-refractivity contribution < 1.29 is 4.79 Å². The minimum absolute atomic E-state index is 0.104. The number of piperidine rings is 1. The van der Waals surface area contributed by atoms with E-state index in [0.717, 1.165) is 31.5 Å². The van der Waals surface area contributed by atoms with E-state index < -0.39 is 0 Å². The van der Waals surface area contributed by atoms with Crippen LogP contribution in [-0.4, -0.2) is 43.7 Å². The molecule has 3 rings (SSSR count). The Labute approximate surface area is 145 Å². The maximum atomic E-state index is 12.6. The SMILES string of the molecule is CCC1CCCCN1C(=O)CSc1nc2cc(C)[nH]c2c(=O)n1C. The zero-order valence-electron chi connectivity index (χ0n) is 14.5. The summed E-state index contributed by atoms with van der Waals surface area (Å²) < 4.78 is 1.52. The summed E-state index contributed by atoms with van der Waals surface area (Å²) in [6.45, 7) is 4.88. The van der Waals surface area contributed by atoms with Gasteiger partial charge < -0.3 is 9.88 Å². The first-order valence-corrected chi connectivity index (χ1v) is 9.48. The highest BCUT2D eigenvalue weighted by atomic mass is 32.2. The lowest BCUT2D eigenvalue weighted by molar-refractivity contribution is -0.132. The third-order valence-corrected chi connectivity index (χ3v) is 5.71. The second-order valence-electron chi connectivity index (χ2n) is 6.40. The molecule has 1 aliphatic heterocycles. The lowest BCUT2D eigenvalue weighted by atomic mass is 10.0. The number of H-pyrrole nitrogens is 1. The molecule has 130 valence electrons. The molecule has 7 heteroatoms. The van der Waals surface area contributed by atoms with Crippen molar-refractivity contribution in [3.8, 4) is 0 Å². The number of carbonyl (C=O) groups is 1. The van der Waals surface area contributed by atoms with Crippen LogP contribution in [0.25, 0.3) is 11.0 Å². The predicted octanol–water partition coefficient (Wildman–Crippen LogP) is 2.45. The number of thioether (sulfide) groups is 1. The molecule has 2 aromatic heterocycles. The van der Waals surface area contributed by atoms with Gasteiger partial charge in [-0.25, -0.2) is 4.98 Å². The van der Waals surface area contributed by atoms with Crippen LogP contribution in [0.2, 0.25) is 0 Å². The van der Waals surface area contributed by atoms with Gasteiger partial charge in [0.1, 0.15) is 5.52 Å². The summed E-state index contributed by atoms with van der Waals surface area (Å²) in [6, 6.07) is 2.22. The highest BCUT2D eigenvalue weighted by molar-refractivity contribution is 7.99. The second-order valence-corrected chi connectivity index (χ2v) is 7.35. The van der Waals surface area contributed by atoms with Gasteiger partial charge in [-0.1, -0.05) is 18.7 Å². The van der Waals surface area contributed by atoms with E-state index in [4.69, 9.17) is 0 Å². The number of hydrogen-bond donors (Lipinski definition) is 1. The van der Waals surface area contributed by atoms with Gasteiger partial charge in [0.2, 0.25) is 5.91 Å². The van der Waals surface area contributed by atoms with E-state index in [1.54, 1.807) is 7.05 Å². The first kappa shape index (κ1) is 17.1. The van der Waals surface area contributed by atoms with Crippen LogP contribution in [0.5, 0.6) is 0 Å². The van der Waals surface area contributed by atoms with Crippen molar-refractivity contribution in [3.63, 3.8) is 0 Å². The molecule has 1 unspecified atom stereocenters. The summed E-state index contributed by atoms with van der Waals surface area (Å²) in [5, 5.41) is 0.588. The number of likely N-dealkylation sites (tertiary alicyclic amines) is 1. The maximum Gasteiger partial charge on any atom is 0.278 e. The van der Waals surface area contributed by atoms with Gasteiger partial charge in [-0.15, -0.1) is 0 Å². The largest absolute Gasteiger partial charge is 0.353 e. The normalized spacial score (nSPS) is 18.3. The Morgan fingerprint density at radius 1 is 1.46 bits per heavy atom. The zero-order valence-corrected chi connectivity index (χ0v) is 15.3. The van der Waals surface area contributed by atoms with Crippen LogP contribution < -0.4 is 5.56 Å². The van der Waals surface area contributed by atoms with Crippen molar-refractivity contribution in [3.05, 3.63) is 22.1 Å². The fourth-order valence-electron chi connectivity index (χ4n) is 3.35. The Bertz CT molecular complexity index is 811. The van der Waals surface area contributed by atoms with Gasteiger partial charge in [-0.05, 0) is 38.7 Å². The number of aryl methyl sites for hydroxylation is 1. The molecule has 0 saturated carbocycles. The fourth-order valence-corrected chi connectivity index (χ4v) is 4.21. The number of aromatic amines is 1. The summed E-state index contributed by atoms with van der Waals surface area (Å²) in [6.07, 6.45) is 4.38. The van der Waals surface area contributed by atoms with Crippen LogP contribution in [0, 0.1) is 6.92 Å². The number of nitrogens with one attached hydrogen (secondary N) is 1. The molecule has 2 aromatic rings. The number of amides is 1. The number of carbonyl (C=O) groups excluding carboxylic acids is 1. The van der Waals surface area contributed by atoms with Crippen LogP contribution in [0.15, 0.2) is 16.0 Å². The lowest BCUT2D eigenvalue weighted by Crippen LogP contribution is -2.44. The van der Waals surface area contributed by atoms with Crippen molar-refractivity contribution in [2.24, 2.45) is 7.05 Å². The topological polar surface area (TPSA) is 71.0 Å². The molecule has 1 amide bonds. The number of aromatic nitrogens is 3. The Morgan fingerprint density at radius 3 is 3.00 bits per heavy atom. The van der Waals surface area contributed by atoms with Gasteiger partial charge in [0, 0.05) is 25.3 Å². The first-order valence-electron chi connectivity index (χ1n) is 8.50. The lowest BCUT2D eigenvalue weighted by Gasteiger charge is -2.35. The highest BCUT2D eigenvalue weighted by Crippen LogP contribution is 2.23. The number of nitrogens with zero attached hydrogens (tertiary/aromatic N) is 3. The average molecular weight is 348 g/mol. The highest BCUT2D eigenvalue weighted by Gasteiger charge is 2.25. The van der Waals surface area contributed by atoms with Crippen LogP contribution >= 0.6 is 11.8 Å². The molecule has 0 radical (unpaired) electrons. The molecule has 0 aromatic carbocycles. The molecule has 1 saturated heterocycles. The second kappa shape index (κ2) is 7.01. The van der Waals surface area contributed by atoms with Crippen LogP contribution in [-0.2, 0) is 11.8 Å². The Hall–Kier alpha value is -1.76. The van der Waals surface area contributed by atoms with Gasteiger partial charge in [0.15, 0.2) is 5.16 Å². The van der Waals surface area contributed by atoms with Gasteiger partial charge in [0.25, 0.3) is 5.56 Å². The Kier molecular flexibility index (Phi) is 4.99. The molecule has 6 nitrogen and oxygen atoms in total. The third-order valence-electron chi connectivity index (χ3n) is 4.70. The summed E-state index contributed by atoms with van der Waals surface area (Å²) >= 11 is 1.35. The summed E-state index contributed by atoms with van der Waals surface area (Å²) in [5.74, 6) is 0.470. The maximum absolute atomic E-state index is 12.6. The van der Waals surface area contributed by atoms with E-state index >= 15 is 0 Å².